The van der Waals surface area contributed by atoms with Crippen LogP contribution in [-0.2, 0) is 16.3 Å². The fourth-order valence-electron chi connectivity index (χ4n) is 3.95. The zero-order valence-electron chi connectivity index (χ0n) is 15.2. The van der Waals surface area contributed by atoms with Gasteiger partial charge in [0.2, 0.25) is 0 Å². The van der Waals surface area contributed by atoms with Crippen LogP contribution >= 0.6 is 0 Å². The number of ether oxygens (including phenoxy) is 1. The number of benzene rings is 1. The van der Waals surface area contributed by atoms with Gasteiger partial charge in [0.1, 0.15) is 11.9 Å². The molecule has 138 valence electrons. The standard InChI is InChI=1S/C20H24N2O3S/c1-13-9-16(26(2,23)24)3-4-17(13)18-10-15-11-19(25-20(15)12-22-18)14-5-7-21-8-6-14/h3-4,9-10,12,14,19,21H,5-8,11H2,1-2H3. The van der Waals surface area contributed by atoms with E-state index in [2.05, 4.69) is 16.4 Å². The molecule has 1 aromatic carbocycles. The third-order valence-corrected chi connectivity index (χ3v) is 6.57. The molecule has 2 aliphatic heterocycles. The lowest BCUT2D eigenvalue weighted by Gasteiger charge is -2.27. The summed E-state index contributed by atoms with van der Waals surface area (Å²) in [5.41, 5.74) is 3.95. The molecule has 0 aliphatic carbocycles. The Kier molecular flexibility index (Phi) is 4.49. The van der Waals surface area contributed by atoms with E-state index in [-0.39, 0.29) is 6.10 Å². The Morgan fingerprint density at radius 1 is 1.19 bits per heavy atom. The largest absolute Gasteiger partial charge is 0.488 e. The fourth-order valence-corrected chi connectivity index (χ4v) is 4.66. The highest BCUT2D eigenvalue weighted by atomic mass is 32.2. The average Bonchev–Trinajstić information content (AvgIpc) is 3.05. The summed E-state index contributed by atoms with van der Waals surface area (Å²) >= 11 is 0. The molecule has 1 N–H and O–H groups in total. The van der Waals surface area contributed by atoms with Gasteiger partial charge in [-0.3, -0.25) is 4.98 Å². The molecule has 0 saturated carbocycles. The highest BCUT2D eigenvalue weighted by molar-refractivity contribution is 7.90. The topological polar surface area (TPSA) is 68.3 Å². The maximum Gasteiger partial charge on any atom is 0.175 e. The van der Waals surface area contributed by atoms with Gasteiger partial charge in [-0.25, -0.2) is 8.42 Å². The summed E-state index contributed by atoms with van der Waals surface area (Å²) in [6.07, 6.45) is 6.53. The van der Waals surface area contributed by atoms with Crippen LogP contribution < -0.4 is 10.1 Å². The maximum absolute atomic E-state index is 11.7. The van der Waals surface area contributed by atoms with Gasteiger partial charge < -0.3 is 10.1 Å². The van der Waals surface area contributed by atoms with Gasteiger partial charge in [0, 0.05) is 23.8 Å². The number of piperidine rings is 1. The Morgan fingerprint density at radius 3 is 2.65 bits per heavy atom. The Balaban J connectivity index is 1.60. The van der Waals surface area contributed by atoms with Gasteiger partial charge in [-0.05, 0) is 62.5 Å². The first kappa shape index (κ1) is 17.5. The van der Waals surface area contributed by atoms with Crippen LogP contribution in [0.25, 0.3) is 11.3 Å². The zero-order chi connectivity index (χ0) is 18.3. The second-order valence-electron chi connectivity index (χ2n) is 7.37. The quantitative estimate of drug-likeness (QED) is 0.897. The SMILES string of the molecule is Cc1cc(S(C)(=O)=O)ccc1-c1cc2c(cn1)OC(C1CCNCC1)C2. The lowest BCUT2D eigenvalue weighted by atomic mass is 9.89. The van der Waals surface area contributed by atoms with Gasteiger partial charge in [0.25, 0.3) is 0 Å². The predicted molar refractivity (Wildman–Crippen MR) is 101 cm³/mol. The molecular formula is C20H24N2O3S. The molecule has 2 aromatic rings. The first-order valence-electron chi connectivity index (χ1n) is 9.09. The average molecular weight is 372 g/mol. The van der Waals surface area contributed by atoms with Crippen molar-refractivity contribution in [2.45, 2.75) is 37.2 Å². The molecular weight excluding hydrogens is 348 g/mol. The van der Waals surface area contributed by atoms with Crippen LogP contribution in [0.4, 0.5) is 0 Å². The van der Waals surface area contributed by atoms with Crippen molar-refractivity contribution in [2.75, 3.05) is 19.3 Å². The van der Waals surface area contributed by atoms with Crippen LogP contribution in [0.15, 0.2) is 35.4 Å². The van der Waals surface area contributed by atoms with Crippen molar-refractivity contribution in [1.82, 2.24) is 10.3 Å². The Bertz CT molecular complexity index is 934. The van der Waals surface area contributed by atoms with E-state index in [9.17, 15) is 8.42 Å². The molecule has 1 atom stereocenters. The molecule has 4 rings (SSSR count). The second-order valence-corrected chi connectivity index (χ2v) is 9.39. The normalized spacial score (nSPS) is 20.6. The molecule has 2 aliphatic rings. The van der Waals surface area contributed by atoms with Crippen molar-refractivity contribution in [2.24, 2.45) is 5.92 Å². The fraction of sp³-hybridized carbons (Fsp3) is 0.450. The molecule has 3 heterocycles. The lowest BCUT2D eigenvalue weighted by molar-refractivity contribution is 0.133. The van der Waals surface area contributed by atoms with Gasteiger partial charge in [0.15, 0.2) is 9.84 Å². The molecule has 1 saturated heterocycles. The summed E-state index contributed by atoms with van der Waals surface area (Å²) < 4.78 is 29.6. The molecule has 26 heavy (non-hydrogen) atoms. The monoisotopic (exact) mass is 372 g/mol. The van der Waals surface area contributed by atoms with E-state index >= 15 is 0 Å². The van der Waals surface area contributed by atoms with Crippen LogP contribution in [0, 0.1) is 12.8 Å². The molecule has 6 heteroatoms. The maximum atomic E-state index is 11.7. The summed E-state index contributed by atoms with van der Waals surface area (Å²) in [5.74, 6) is 1.49. The van der Waals surface area contributed by atoms with Crippen molar-refractivity contribution in [3.05, 3.63) is 41.6 Å². The Morgan fingerprint density at radius 2 is 1.96 bits per heavy atom. The first-order chi connectivity index (χ1) is 12.4. The van der Waals surface area contributed by atoms with E-state index in [4.69, 9.17) is 4.74 Å². The number of hydrogen-bond donors (Lipinski definition) is 1. The first-order valence-corrected chi connectivity index (χ1v) is 11.0. The summed E-state index contributed by atoms with van der Waals surface area (Å²) in [7, 11) is -3.20. The van der Waals surface area contributed by atoms with Gasteiger partial charge in [-0.1, -0.05) is 6.07 Å². The van der Waals surface area contributed by atoms with Crippen LogP contribution in [0.3, 0.4) is 0 Å². The molecule has 5 nitrogen and oxygen atoms in total. The van der Waals surface area contributed by atoms with Crippen molar-refractivity contribution < 1.29 is 13.2 Å². The minimum atomic E-state index is -3.20. The van der Waals surface area contributed by atoms with Crippen LogP contribution in [0.2, 0.25) is 0 Å². The van der Waals surface area contributed by atoms with E-state index < -0.39 is 9.84 Å². The molecule has 1 aromatic heterocycles. The smallest absolute Gasteiger partial charge is 0.175 e. The summed E-state index contributed by atoms with van der Waals surface area (Å²) in [6, 6.07) is 7.31. The number of nitrogens with zero attached hydrogens (tertiary/aromatic N) is 1. The van der Waals surface area contributed by atoms with Crippen molar-refractivity contribution in [1.29, 1.82) is 0 Å². The number of nitrogens with one attached hydrogen (secondary N) is 1. The Hall–Kier alpha value is -1.92. The van der Waals surface area contributed by atoms with Crippen LogP contribution in [0.5, 0.6) is 5.75 Å². The minimum Gasteiger partial charge on any atom is -0.488 e. The number of aromatic nitrogens is 1. The second kappa shape index (κ2) is 6.67. The summed E-state index contributed by atoms with van der Waals surface area (Å²) in [6.45, 7) is 4.06. The molecule has 0 spiro atoms. The lowest BCUT2D eigenvalue weighted by Crippen LogP contribution is -2.36. The minimum absolute atomic E-state index is 0.248. The predicted octanol–water partition coefficient (Wildman–Crippen LogP) is 2.76. The van der Waals surface area contributed by atoms with Crippen LogP contribution in [0.1, 0.15) is 24.0 Å². The van der Waals surface area contributed by atoms with Gasteiger partial charge in [-0.15, -0.1) is 0 Å². The molecule has 0 amide bonds. The summed E-state index contributed by atoms with van der Waals surface area (Å²) in [5, 5.41) is 3.40. The number of aryl methyl sites for hydroxylation is 1. The van der Waals surface area contributed by atoms with E-state index in [1.165, 1.54) is 11.8 Å². The van der Waals surface area contributed by atoms with Crippen molar-refractivity contribution >= 4 is 9.84 Å². The van der Waals surface area contributed by atoms with E-state index in [0.717, 1.165) is 54.9 Å². The number of sulfone groups is 1. The highest BCUT2D eigenvalue weighted by Gasteiger charge is 2.31. The van der Waals surface area contributed by atoms with Crippen molar-refractivity contribution in [3.63, 3.8) is 0 Å². The van der Waals surface area contributed by atoms with Crippen LogP contribution in [-0.4, -0.2) is 38.9 Å². The highest BCUT2D eigenvalue weighted by Crippen LogP contribution is 2.36. The van der Waals surface area contributed by atoms with Crippen molar-refractivity contribution in [3.8, 4) is 17.0 Å². The molecule has 1 unspecified atom stereocenters. The van der Waals surface area contributed by atoms with Gasteiger partial charge in [-0.2, -0.15) is 0 Å². The van der Waals surface area contributed by atoms with E-state index in [1.54, 1.807) is 12.1 Å². The number of fused-ring (bicyclic) bond motifs is 1. The zero-order valence-corrected chi connectivity index (χ0v) is 16.0. The van der Waals surface area contributed by atoms with Gasteiger partial charge >= 0.3 is 0 Å². The molecule has 0 radical (unpaired) electrons. The third kappa shape index (κ3) is 3.35. The molecule has 0 bridgehead atoms. The Labute approximate surface area is 154 Å². The third-order valence-electron chi connectivity index (χ3n) is 5.46. The number of rotatable bonds is 3. The number of pyridine rings is 1. The molecule has 1 fully saturated rings. The van der Waals surface area contributed by atoms with E-state index in [0.29, 0.717) is 10.8 Å². The van der Waals surface area contributed by atoms with Gasteiger partial charge in [0.05, 0.1) is 16.8 Å². The van der Waals surface area contributed by atoms with E-state index in [1.807, 2.05) is 19.2 Å². The summed E-state index contributed by atoms with van der Waals surface area (Å²) in [4.78, 5) is 4.91. The number of hydrogen-bond acceptors (Lipinski definition) is 5.